The summed E-state index contributed by atoms with van der Waals surface area (Å²) in [6.07, 6.45) is 1.14. The Morgan fingerprint density at radius 3 is 2.05 bits per heavy atom. The highest BCUT2D eigenvalue weighted by Gasteiger charge is 2.04. The van der Waals surface area contributed by atoms with Gasteiger partial charge in [0.25, 0.3) is 0 Å². The third-order valence-corrected chi connectivity index (χ3v) is 4.29. The van der Waals surface area contributed by atoms with Crippen molar-refractivity contribution in [2.24, 2.45) is 4.99 Å². The molecule has 0 spiro atoms. The fourth-order valence-corrected chi connectivity index (χ4v) is 2.92. The Labute approximate surface area is 129 Å². The number of hydrogen-bond acceptors (Lipinski definition) is 2. The SMILES string of the molecule is Cc1ccc(Sc2ccc(N=C3NCCCN3)cc2)cc1. The zero-order valence-corrected chi connectivity index (χ0v) is 12.9. The third kappa shape index (κ3) is 4.02. The lowest BCUT2D eigenvalue weighted by Crippen LogP contribution is -2.43. The molecule has 2 aromatic carbocycles. The predicted molar refractivity (Wildman–Crippen MR) is 89.5 cm³/mol. The van der Waals surface area contributed by atoms with Crippen molar-refractivity contribution in [2.75, 3.05) is 13.1 Å². The van der Waals surface area contributed by atoms with Crippen LogP contribution >= 0.6 is 11.8 Å². The van der Waals surface area contributed by atoms with Gasteiger partial charge in [0.2, 0.25) is 0 Å². The first-order chi connectivity index (χ1) is 10.3. The van der Waals surface area contributed by atoms with E-state index in [1.165, 1.54) is 15.4 Å². The summed E-state index contributed by atoms with van der Waals surface area (Å²) in [5.41, 5.74) is 2.26. The number of hydrogen-bond donors (Lipinski definition) is 2. The molecule has 1 aliphatic rings. The largest absolute Gasteiger partial charge is 0.356 e. The lowest BCUT2D eigenvalue weighted by atomic mass is 10.2. The molecule has 3 rings (SSSR count). The molecule has 0 radical (unpaired) electrons. The van der Waals surface area contributed by atoms with Crippen LogP contribution in [0.2, 0.25) is 0 Å². The number of aryl methyl sites for hydroxylation is 1. The summed E-state index contributed by atoms with van der Waals surface area (Å²) in [5, 5.41) is 6.52. The van der Waals surface area contributed by atoms with Gasteiger partial charge in [-0.15, -0.1) is 0 Å². The molecule has 0 saturated carbocycles. The Balaban J connectivity index is 1.67. The molecule has 0 aromatic heterocycles. The lowest BCUT2D eigenvalue weighted by Gasteiger charge is -2.17. The minimum atomic E-state index is 0.875. The van der Waals surface area contributed by atoms with E-state index in [2.05, 4.69) is 71.1 Å². The van der Waals surface area contributed by atoms with Crippen LogP contribution in [0.1, 0.15) is 12.0 Å². The Kier molecular flexibility index (Phi) is 4.46. The van der Waals surface area contributed by atoms with Gasteiger partial charge < -0.3 is 10.6 Å². The van der Waals surface area contributed by atoms with Gasteiger partial charge in [-0.25, -0.2) is 4.99 Å². The smallest absolute Gasteiger partial charge is 0.196 e. The van der Waals surface area contributed by atoms with E-state index in [-0.39, 0.29) is 0 Å². The van der Waals surface area contributed by atoms with E-state index in [9.17, 15) is 0 Å². The summed E-state index contributed by atoms with van der Waals surface area (Å²) in [6.45, 7) is 4.09. The molecule has 1 fully saturated rings. The normalized spacial score (nSPS) is 14.2. The zero-order chi connectivity index (χ0) is 14.5. The molecule has 1 aliphatic heterocycles. The van der Waals surface area contributed by atoms with Gasteiger partial charge in [-0.2, -0.15) is 0 Å². The molecule has 0 amide bonds. The highest BCUT2D eigenvalue weighted by atomic mass is 32.2. The lowest BCUT2D eigenvalue weighted by molar-refractivity contribution is 0.668. The molecule has 0 unspecified atom stereocenters. The molecule has 108 valence electrons. The first-order valence-corrected chi connectivity index (χ1v) is 8.02. The second-order valence-electron chi connectivity index (χ2n) is 5.08. The number of rotatable bonds is 3. The van der Waals surface area contributed by atoms with Crippen LogP contribution in [-0.4, -0.2) is 19.0 Å². The van der Waals surface area contributed by atoms with E-state index in [1.807, 2.05) is 0 Å². The van der Waals surface area contributed by atoms with Crippen LogP contribution in [0.25, 0.3) is 0 Å². The van der Waals surface area contributed by atoms with Crippen molar-refractivity contribution in [3.8, 4) is 0 Å². The molecule has 1 saturated heterocycles. The van der Waals surface area contributed by atoms with Crippen molar-refractivity contribution < 1.29 is 0 Å². The van der Waals surface area contributed by atoms with Crippen molar-refractivity contribution >= 4 is 23.4 Å². The Morgan fingerprint density at radius 1 is 0.857 bits per heavy atom. The van der Waals surface area contributed by atoms with Gasteiger partial charge in [0, 0.05) is 22.9 Å². The molecule has 21 heavy (non-hydrogen) atoms. The van der Waals surface area contributed by atoms with E-state index >= 15 is 0 Å². The van der Waals surface area contributed by atoms with Gasteiger partial charge in [-0.1, -0.05) is 29.5 Å². The maximum atomic E-state index is 4.56. The van der Waals surface area contributed by atoms with Crippen molar-refractivity contribution in [3.63, 3.8) is 0 Å². The predicted octanol–water partition coefficient (Wildman–Crippen LogP) is 3.72. The zero-order valence-electron chi connectivity index (χ0n) is 12.1. The van der Waals surface area contributed by atoms with Gasteiger partial charge in [0.05, 0.1) is 5.69 Å². The third-order valence-electron chi connectivity index (χ3n) is 3.27. The van der Waals surface area contributed by atoms with Gasteiger partial charge in [0.15, 0.2) is 5.96 Å². The van der Waals surface area contributed by atoms with Crippen molar-refractivity contribution in [3.05, 3.63) is 54.1 Å². The van der Waals surface area contributed by atoms with E-state index < -0.39 is 0 Å². The Hall–Kier alpha value is -1.94. The highest BCUT2D eigenvalue weighted by Crippen LogP contribution is 2.29. The highest BCUT2D eigenvalue weighted by molar-refractivity contribution is 7.99. The van der Waals surface area contributed by atoms with E-state index in [1.54, 1.807) is 11.8 Å². The van der Waals surface area contributed by atoms with Crippen LogP contribution in [0.5, 0.6) is 0 Å². The molecular formula is C17H19N3S. The van der Waals surface area contributed by atoms with Crippen LogP contribution in [0.4, 0.5) is 5.69 Å². The maximum Gasteiger partial charge on any atom is 0.196 e. The minimum absolute atomic E-state index is 0.875. The van der Waals surface area contributed by atoms with Crippen LogP contribution in [0.3, 0.4) is 0 Å². The van der Waals surface area contributed by atoms with E-state index in [4.69, 9.17) is 0 Å². The monoisotopic (exact) mass is 297 g/mol. The molecule has 4 heteroatoms. The Morgan fingerprint density at radius 2 is 1.43 bits per heavy atom. The first kappa shape index (κ1) is 14.0. The quantitative estimate of drug-likeness (QED) is 0.906. The van der Waals surface area contributed by atoms with E-state index in [0.717, 1.165) is 31.2 Å². The number of guanidine groups is 1. The molecular weight excluding hydrogens is 278 g/mol. The molecule has 3 nitrogen and oxygen atoms in total. The molecule has 2 N–H and O–H groups in total. The molecule has 0 aliphatic carbocycles. The summed E-state index contributed by atoms with van der Waals surface area (Å²) < 4.78 is 0. The number of benzene rings is 2. The average Bonchev–Trinajstić information content (AvgIpc) is 2.53. The van der Waals surface area contributed by atoms with Crippen LogP contribution < -0.4 is 10.6 Å². The summed E-state index contributed by atoms with van der Waals surface area (Å²) in [5.74, 6) is 0.875. The van der Waals surface area contributed by atoms with Crippen molar-refractivity contribution in [2.45, 2.75) is 23.1 Å². The summed E-state index contributed by atoms with van der Waals surface area (Å²) in [6, 6.07) is 16.9. The summed E-state index contributed by atoms with van der Waals surface area (Å²) in [7, 11) is 0. The number of nitrogens with zero attached hydrogens (tertiary/aromatic N) is 1. The fourth-order valence-electron chi connectivity index (χ4n) is 2.10. The second kappa shape index (κ2) is 6.68. The van der Waals surface area contributed by atoms with Gasteiger partial charge in [0.1, 0.15) is 0 Å². The van der Waals surface area contributed by atoms with Crippen molar-refractivity contribution in [1.82, 2.24) is 10.6 Å². The average molecular weight is 297 g/mol. The van der Waals surface area contributed by atoms with Crippen LogP contribution in [0, 0.1) is 6.92 Å². The first-order valence-electron chi connectivity index (χ1n) is 7.21. The number of aliphatic imine (C=N–C) groups is 1. The summed E-state index contributed by atoms with van der Waals surface area (Å²) in [4.78, 5) is 7.05. The van der Waals surface area contributed by atoms with Crippen molar-refractivity contribution in [1.29, 1.82) is 0 Å². The second-order valence-corrected chi connectivity index (χ2v) is 6.22. The minimum Gasteiger partial charge on any atom is -0.356 e. The molecule has 0 bridgehead atoms. The molecule has 1 heterocycles. The van der Waals surface area contributed by atoms with E-state index in [0.29, 0.717) is 0 Å². The molecule has 0 atom stereocenters. The van der Waals surface area contributed by atoms with Crippen LogP contribution in [0.15, 0.2) is 63.3 Å². The maximum absolute atomic E-state index is 4.56. The summed E-state index contributed by atoms with van der Waals surface area (Å²) >= 11 is 1.77. The van der Waals surface area contributed by atoms with Gasteiger partial charge >= 0.3 is 0 Å². The number of nitrogens with one attached hydrogen (secondary N) is 2. The van der Waals surface area contributed by atoms with Gasteiger partial charge in [-0.05, 0) is 49.7 Å². The van der Waals surface area contributed by atoms with Crippen LogP contribution in [-0.2, 0) is 0 Å². The topological polar surface area (TPSA) is 36.4 Å². The van der Waals surface area contributed by atoms with Gasteiger partial charge in [-0.3, -0.25) is 0 Å². The fraction of sp³-hybridized carbons (Fsp3) is 0.235. The standard InChI is InChI=1S/C17H19N3S/c1-13-3-7-15(8-4-13)21-16-9-5-14(6-10-16)20-17-18-11-2-12-19-17/h3-10H,2,11-12H2,1H3,(H2,18,19,20). The molecule has 2 aromatic rings. The Bertz CT molecular complexity index is 609.